The molecule has 2 unspecified atom stereocenters. The van der Waals surface area contributed by atoms with Crippen molar-refractivity contribution in [3.8, 4) is 0 Å². The van der Waals surface area contributed by atoms with E-state index in [4.69, 9.17) is 11.6 Å². The minimum atomic E-state index is -0.0541. The Morgan fingerprint density at radius 3 is 2.44 bits per heavy atom. The Kier molecular flexibility index (Phi) is 6.81. The number of benzene rings is 1. The van der Waals surface area contributed by atoms with E-state index in [-0.39, 0.29) is 17.2 Å². The van der Waals surface area contributed by atoms with E-state index in [2.05, 4.69) is 12.2 Å². The summed E-state index contributed by atoms with van der Waals surface area (Å²) in [5, 5.41) is 3.13. The van der Waals surface area contributed by atoms with Crippen LogP contribution in [0, 0.1) is 0 Å². The summed E-state index contributed by atoms with van der Waals surface area (Å²) in [6, 6.07) is 9.91. The monoisotopic (exact) mass is 267 g/mol. The van der Waals surface area contributed by atoms with E-state index < -0.39 is 0 Å². The minimum absolute atomic E-state index is 0.0541. The zero-order valence-corrected chi connectivity index (χ0v) is 11.9. The van der Waals surface area contributed by atoms with E-state index in [9.17, 15) is 4.79 Å². The van der Waals surface area contributed by atoms with Gasteiger partial charge in [0.15, 0.2) is 0 Å². The van der Waals surface area contributed by atoms with E-state index in [1.165, 1.54) is 0 Å². The summed E-state index contributed by atoms with van der Waals surface area (Å²) >= 11 is 6.03. The van der Waals surface area contributed by atoms with Crippen LogP contribution in [0.3, 0.4) is 0 Å². The molecule has 0 saturated carbocycles. The van der Waals surface area contributed by atoms with Crippen LogP contribution in [0.2, 0.25) is 0 Å². The number of carbonyl (C=O) groups is 1. The van der Waals surface area contributed by atoms with Gasteiger partial charge in [0, 0.05) is 11.9 Å². The second kappa shape index (κ2) is 8.15. The number of rotatable bonds is 7. The summed E-state index contributed by atoms with van der Waals surface area (Å²) in [7, 11) is 0. The quantitative estimate of drug-likeness (QED) is 0.750. The van der Waals surface area contributed by atoms with E-state index in [0.29, 0.717) is 6.54 Å². The molecule has 18 heavy (non-hydrogen) atoms. The predicted molar refractivity (Wildman–Crippen MR) is 77.0 cm³/mol. The molecule has 1 aromatic rings. The van der Waals surface area contributed by atoms with Gasteiger partial charge in [0.2, 0.25) is 5.91 Å². The van der Waals surface area contributed by atoms with Crippen LogP contribution in [0.15, 0.2) is 30.3 Å². The largest absolute Gasteiger partial charge is 0.356 e. The van der Waals surface area contributed by atoms with Crippen LogP contribution in [0.5, 0.6) is 0 Å². The first-order chi connectivity index (χ1) is 8.69. The van der Waals surface area contributed by atoms with Crippen molar-refractivity contribution in [1.29, 1.82) is 0 Å². The fourth-order valence-corrected chi connectivity index (χ4v) is 2.05. The molecular formula is C15H22ClNO. The molecule has 0 spiro atoms. The van der Waals surface area contributed by atoms with Crippen LogP contribution < -0.4 is 5.32 Å². The topological polar surface area (TPSA) is 29.1 Å². The van der Waals surface area contributed by atoms with Crippen LogP contribution in [0.25, 0.3) is 0 Å². The van der Waals surface area contributed by atoms with Crippen molar-refractivity contribution in [2.75, 3.05) is 6.54 Å². The third-order valence-corrected chi connectivity index (χ3v) is 3.65. The molecule has 0 radical (unpaired) electrons. The van der Waals surface area contributed by atoms with Crippen molar-refractivity contribution in [2.45, 2.75) is 44.4 Å². The van der Waals surface area contributed by atoms with Gasteiger partial charge in [-0.05, 0) is 24.8 Å². The second-order valence-corrected chi connectivity index (χ2v) is 5.07. The third-order valence-electron chi connectivity index (χ3n) is 3.13. The molecule has 2 nitrogen and oxygen atoms in total. The number of alkyl halides is 1. The highest BCUT2D eigenvalue weighted by atomic mass is 35.5. The SMILES string of the molecule is CCC(Cl)CCNC(=O)C(CC)c1ccccc1. The molecule has 0 heterocycles. The maximum atomic E-state index is 12.1. The maximum absolute atomic E-state index is 12.1. The lowest BCUT2D eigenvalue weighted by Gasteiger charge is -2.16. The molecule has 0 aromatic heterocycles. The lowest BCUT2D eigenvalue weighted by atomic mass is 9.95. The standard InChI is InChI=1S/C15H22ClNO/c1-3-13(16)10-11-17-15(18)14(4-2)12-8-6-5-7-9-12/h5-9,13-14H,3-4,10-11H2,1-2H3,(H,17,18). The van der Waals surface area contributed by atoms with Gasteiger partial charge in [-0.25, -0.2) is 0 Å². The molecule has 2 atom stereocenters. The molecule has 3 heteroatoms. The van der Waals surface area contributed by atoms with Crippen LogP contribution in [0.4, 0.5) is 0 Å². The van der Waals surface area contributed by atoms with E-state index in [1.807, 2.05) is 37.3 Å². The number of amides is 1. The van der Waals surface area contributed by atoms with Crippen molar-refractivity contribution in [2.24, 2.45) is 0 Å². The van der Waals surface area contributed by atoms with Gasteiger partial charge >= 0.3 is 0 Å². The molecule has 0 aliphatic carbocycles. The van der Waals surface area contributed by atoms with Crippen LogP contribution in [-0.4, -0.2) is 17.8 Å². The number of hydrogen-bond acceptors (Lipinski definition) is 1. The molecule has 0 fully saturated rings. The zero-order chi connectivity index (χ0) is 13.4. The first kappa shape index (κ1) is 15.0. The van der Waals surface area contributed by atoms with Crippen molar-refractivity contribution >= 4 is 17.5 Å². The summed E-state index contributed by atoms with van der Waals surface area (Å²) in [5.74, 6) is 0.0465. The third kappa shape index (κ3) is 4.69. The van der Waals surface area contributed by atoms with E-state index in [0.717, 1.165) is 24.8 Å². The van der Waals surface area contributed by atoms with Crippen molar-refractivity contribution in [3.05, 3.63) is 35.9 Å². The summed E-state index contributed by atoms with van der Waals surface area (Å²) in [5.41, 5.74) is 1.08. The molecule has 100 valence electrons. The second-order valence-electron chi connectivity index (χ2n) is 4.46. The number of nitrogens with one attached hydrogen (secondary N) is 1. The smallest absolute Gasteiger partial charge is 0.227 e. The Bertz CT molecular complexity index is 353. The molecule has 0 bridgehead atoms. The Morgan fingerprint density at radius 1 is 1.22 bits per heavy atom. The highest BCUT2D eigenvalue weighted by Crippen LogP contribution is 2.19. The lowest BCUT2D eigenvalue weighted by molar-refractivity contribution is -0.122. The molecular weight excluding hydrogens is 246 g/mol. The fourth-order valence-electron chi connectivity index (χ4n) is 1.94. The van der Waals surface area contributed by atoms with Gasteiger partial charge in [-0.1, -0.05) is 44.2 Å². The van der Waals surface area contributed by atoms with Gasteiger partial charge in [0.1, 0.15) is 0 Å². The van der Waals surface area contributed by atoms with Crippen molar-refractivity contribution in [3.63, 3.8) is 0 Å². The van der Waals surface area contributed by atoms with E-state index >= 15 is 0 Å². The lowest BCUT2D eigenvalue weighted by Crippen LogP contribution is -2.31. The highest BCUT2D eigenvalue weighted by Gasteiger charge is 2.17. The summed E-state index contributed by atoms with van der Waals surface area (Å²) < 4.78 is 0. The first-order valence-electron chi connectivity index (χ1n) is 6.65. The summed E-state index contributed by atoms with van der Waals surface area (Å²) in [6.45, 7) is 4.75. The molecule has 0 saturated heterocycles. The average Bonchev–Trinajstić information content (AvgIpc) is 2.40. The highest BCUT2D eigenvalue weighted by molar-refractivity contribution is 6.20. The Hall–Kier alpha value is -1.02. The summed E-state index contributed by atoms with van der Waals surface area (Å²) in [6.07, 6.45) is 2.58. The Labute approximate surface area is 115 Å². The molecule has 1 rings (SSSR count). The fraction of sp³-hybridized carbons (Fsp3) is 0.533. The predicted octanol–water partition coefficient (Wildman–Crippen LogP) is 3.70. The van der Waals surface area contributed by atoms with Gasteiger partial charge in [0.05, 0.1) is 5.92 Å². The van der Waals surface area contributed by atoms with Gasteiger partial charge in [-0.2, -0.15) is 0 Å². The molecule has 1 aromatic carbocycles. The maximum Gasteiger partial charge on any atom is 0.227 e. The zero-order valence-electron chi connectivity index (χ0n) is 11.2. The van der Waals surface area contributed by atoms with Crippen LogP contribution in [0.1, 0.15) is 44.6 Å². The van der Waals surface area contributed by atoms with Gasteiger partial charge in [-0.3, -0.25) is 4.79 Å². The van der Waals surface area contributed by atoms with Crippen molar-refractivity contribution < 1.29 is 4.79 Å². The van der Waals surface area contributed by atoms with Crippen LogP contribution in [-0.2, 0) is 4.79 Å². The molecule has 1 N–H and O–H groups in total. The number of carbonyl (C=O) groups excluding carboxylic acids is 1. The van der Waals surface area contributed by atoms with E-state index in [1.54, 1.807) is 0 Å². The van der Waals surface area contributed by atoms with Gasteiger partial charge < -0.3 is 5.32 Å². The van der Waals surface area contributed by atoms with Gasteiger partial charge in [-0.15, -0.1) is 11.6 Å². The first-order valence-corrected chi connectivity index (χ1v) is 7.09. The molecule has 0 aliphatic rings. The summed E-state index contributed by atoms with van der Waals surface area (Å²) in [4.78, 5) is 12.1. The molecule has 1 amide bonds. The Morgan fingerprint density at radius 2 is 1.89 bits per heavy atom. The normalized spacial score (nSPS) is 13.9. The Balaban J connectivity index is 2.48. The van der Waals surface area contributed by atoms with Crippen LogP contribution >= 0.6 is 11.6 Å². The van der Waals surface area contributed by atoms with Gasteiger partial charge in [0.25, 0.3) is 0 Å². The average molecular weight is 268 g/mol. The molecule has 0 aliphatic heterocycles. The minimum Gasteiger partial charge on any atom is -0.356 e. The number of halogens is 1. The van der Waals surface area contributed by atoms with Crippen molar-refractivity contribution in [1.82, 2.24) is 5.32 Å². The number of hydrogen-bond donors (Lipinski definition) is 1.